The number of pyridine rings is 1. The molecule has 70 valence electrons. The number of anilines is 1. The summed E-state index contributed by atoms with van der Waals surface area (Å²) in [6.07, 6.45) is 4.83. The molecule has 1 rings (SSSR count). The highest BCUT2D eigenvalue weighted by molar-refractivity contribution is 5.33. The standard InChI is InChI=1S/C9H12N2O2/c1-2-5-13-7-11-4-3-9(12)8(10)6-11/h2-4,6H,1,5,7,10H2. The molecule has 0 atom stereocenters. The van der Waals surface area contributed by atoms with Gasteiger partial charge in [-0.05, 0) is 0 Å². The third-order valence-corrected chi connectivity index (χ3v) is 1.48. The third-order valence-electron chi connectivity index (χ3n) is 1.48. The van der Waals surface area contributed by atoms with Crippen LogP contribution in [0.5, 0.6) is 0 Å². The van der Waals surface area contributed by atoms with Crippen LogP contribution in [-0.2, 0) is 11.5 Å². The van der Waals surface area contributed by atoms with Gasteiger partial charge < -0.3 is 15.0 Å². The predicted molar refractivity (Wildman–Crippen MR) is 51.3 cm³/mol. The van der Waals surface area contributed by atoms with Gasteiger partial charge in [0.15, 0.2) is 0 Å². The number of nitrogens with two attached hydrogens (primary N) is 1. The van der Waals surface area contributed by atoms with Gasteiger partial charge in [0.05, 0.1) is 12.3 Å². The zero-order valence-electron chi connectivity index (χ0n) is 7.27. The molecule has 0 fully saturated rings. The minimum absolute atomic E-state index is 0.167. The highest BCUT2D eigenvalue weighted by Crippen LogP contribution is 1.93. The van der Waals surface area contributed by atoms with Crippen molar-refractivity contribution in [1.82, 2.24) is 4.57 Å². The second kappa shape index (κ2) is 4.47. The molecule has 4 nitrogen and oxygen atoms in total. The zero-order chi connectivity index (χ0) is 9.68. The Labute approximate surface area is 76.2 Å². The molecule has 1 aromatic rings. The van der Waals surface area contributed by atoms with Gasteiger partial charge >= 0.3 is 0 Å². The first kappa shape index (κ1) is 9.54. The molecule has 0 aliphatic rings. The van der Waals surface area contributed by atoms with Crippen molar-refractivity contribution in [3.05, 3.63) is 41.3 Å². The van der Waals surface area contributed by atoms with Crippen molar-refractivity contribution in [3.8, 4) is 0 Å². The maximum absolute atomic E-state index is 10.9. The van der Waals surface area contributed by atoms with Crippen LogP contribution in [0.1, 0.15) is 0 Å². The van der Waals surface area contributed by atoms with E-state index in [1.807, 2.05) is 0 Å². The first-order valence-electron chi connectivity index (χ1n) is 3.88. The Bertz CT molecular complexity index is 344. The van der Waals surface area contributed by atoms with Crippen LogP contribution >= 0.6 is 0 Å². The molecular formula is C9H12N2O2. The van der Waals surface area contributed by atoms with Gasteiger partial charge in [0, 0.05) is 18.5 Å². The highest BCUT2D eigenvalue weighted by atomic mass is 16.5. The average Bonchev–Trinajstić information content (AvgIpc) is 2.12. The topological polar surface area (TPSA) is 57.2 Å². The van der Waals surface area contributed by atoms with Crippen LogP contribution in [0.25, 0.3) is 0 Å². The molecular weight excluding hydrogens is 168 g/mol. The second-order valence-corrected chi connectivity index (χ2v) is 2.57. The number of hydrogen-bond donors (Lipinski definition) is 1. The van der Waals surface area contributed by atoms with Crippen LogP contribution in [0.2, 0.25) is 0 Å². The fourth-order valence-corrected chi connectivity index (χ4v) is 0.867. The maximum Gasteiger partial charge on any atom is 0.204 e. The lowest BCUT2D eigenvalue weighted by molar-refractivity contribution is 0.100. The first-order valence-corrected chi connectivity index (χ1v) is 3.88. The van der Waals surface area contributed by atoms with E-state index in [2.05, 4.69) is 6.58 Å². The van der Waals surface area contributed by atoms with Gasteiger partial charge in [-0.2, -0.15) is 0 Å². The minimum Gasteiger partial charge on any atom is -0.394 e. The predicted octanol–water partition coefficient (Wildman–Crippen LogP) is 0.591. The van der Waals surface area contributed by atoms with E-state index in [-0.39, 0.29) is 11.1 Å². The monoisotopic (exact) mass is 180 g/mol. The molecule has 0 saturated heterocycles. The number of rotatable bonds is 4. The molecule has 1 aromatic heterocycles. The van der Waals surface area contributed by atoms with Crippen molar-refractivity contribution < 1.29 is 4.74 Å². The summed E-state index contributed by atoms with van der Waals surface area (Å²) in [5.41, 5.74) is 5.48. The molecule has 0 amide bonds. The van der Waals surface area contributed by atoms with Crippen molar-refractivity contribution in [3.63, 3.8) is 0 Å². The molecule has 0 aliphatic carbocycles. The van der Waals surface area contributed by atoms with E-state index in [0.717, 1.165) is 0 Å². The molecule has 0 radical (unpaired) electrons. The lowest BCUT2D eigenvalue weighted by atomic mass is 10.4. The van der Waals surface area contributed by atoms with Crippen LogP contribution in [0, 0.1) is 0 Å². The van der Waals surface area contributed by atoms with Gasteiger partial charge in [-0.25, -0.2) is 0 Å². The summed E-state index contributed by atoms with van der Waals surface area (Å²) in [6, 6.07) is 1.41. The number of nitrogens with zero attached hydrogens (tertiary/aromatic N) is 1. The van der Waals surface area contributed by atoms with Crippen LogP contribution in [0.4, 0.5) is 5.69 Å². The fraction of sp³-hybridized carbons (Fsp3) is 0.222. The number of hydrogen-bond acceptors (Lipinski definition) is 3. The van der Waals surface area contributed by atoms with Gasteiger partial charge in [0.25, 0.3) is 0 Å². The highest BCUT2D eigenvalue weighted by Gasteiger charge is 1.93. The third kappa shape index (κ3) is 2.76. The van der Waals surface area contributed by atoms with Gasteiger partial charge in [-0.15, -0.1) is 6.58 Å². The largest absolute Gasteiger partial charge is 0.394 e. The second-order valence-electron chi connectivity index (χ2n) is 2.57. The molecule has 0 bridgehead atoms. The number of aromatic nitrogens is 1. The zero-order valence-corrected chi connectivity index (χ0v) is 7.27. The molecule has 13 heavy (non-hydrogen) atoms. The minimum atomic E-state index is -0.167. The molecule has 4 heteroatoms. The van der Waals surface area contributed by atoms with Crippen molar-refractivity contribution in [1.29, 1.82) is 0 Å². The summed E-state index contributed by atoms with van der Waals surface area (Å²) in [7, 11) is 0. The lowest BCUT2D eigenvalue weighted by Crippen LogP contribution is -2.11. The molecule has 1 heterocycles. The number of ether oxygens (including phenoxy) is 1. The Morgan fingerprint density at radius 2 is 2.46 bits per heavy atom. The lowest BCUT2D eigenvalue weighted by Gasteiger charge is -2.05. The Balaban J connectivity index is 2.63. The average molecular weight is 180 g/mol. The van der Waals surface area contributed by atoms with E-state index in [1.54, 1.807) is 23.0 Å². The molecule has 0 spiro atoms. The van der Waals surface area contributed by atoms with E-state index < -0.39 is 0 Å². The van der Waals surface area contributed by atoms with Crippen molar-refractivity contribution in [2.45, 2.75) is 6.73 Å². The van der Waals surface area contributed by atoms with E-state index in [4.69, 9.17) is 10.5 Å². The maximum atomic E-state index is 10.9. The summed E-state index contributed by atoms with van der Waals surface area (Å²) in [5.74, 6) is 0. The van der Waals surface area contributed by atoms with E-state index in [9.17, 15) is 4.79 Å². The SMILES string of the molecule is C=CCOCn1ccc(=O)c(N)c1. The first-order chi connectivity index (χ1) is 6.24. The van der Waals surface area contributed by atoms with Gasteiger partial charge in [-0.1, -0.05) is 6.08 Å². The molecule has 0 saturated carbocycles. The van der Waals surface area contributed by atoms with Gasteiger partial charge in [-0.3, -0.25) is 4.79 Å². The Hall–Kier alpha value is -1.55. The van der Waals surface area contributed by atoms with Crippen LogP contribution in [0.3, 0.4) is 0 Å². The normalized spacial score (nSPS) is 9.85. The van der Waals surface area contributed by atoms with Crippen molar-refractivity contribution in [2.75, 3.05) is 12.3 Å². The quantitative estimate of drug-likeness (QED) is 0.545. The number of nitrogen functional groups attached to an aromatic ring is 1. The molecule has 0 aromatic carbocycles. The summed E-state index contributed by atoms with van der Waals surface area (Å²) in [5, 5.41) is 0. The summed E-state index contributed by atoms with van der Waals surface area (Å²) in [4.78, 5) is 10.9. The molecule has 2 N–H and O–H groups in total. The van der Waals surface area contributed by atoms with E-state index in [1.165, 1.54) is 6.07 Å². The molecule has 0 unspecified atom stereocenters. The van der Waals surface area contributed by atoms with E-state index in [0.29, 0.717) is 13.3 Å². The Morgan fingerprint density at radius 3 is 3.08 bits per heavy atom. The Morgan fingerprint density at radius 1 is 1.69 bits per heavy atom. The Kier molecular flexibility index (Phi) is 3.28. The van der Waals surface area contributed by atoms with Crippen LogP contribution in [0.15, 0.2) is 35.9 Å². The summed E-state index contributed by atoms with van der Waals surface area (Å²) >= 11 is 0. The van der Waals surface area contributed by atoms with Gasteiger partial charge in [0.2, 0.25) is 5.43 Å². The summed E-state index contributed by atoms with van der Waals surface area (Å²) in [6.45, 7) is 4.36. The smallest absolute Gasteiger partial charge is 0.204 e. The van der Waals surface area contributed by atoms with Gasteiger partial charge in [0.1, 0.15) is 6.73 Å². The van der Waals surface area contributed by atoms with Crippen molar-refractivity contribution in [2.24, 2.45) is 0 Å². The van der Waals surface area contributed by atoms with E-state index >= 15 is 0 Å². The molecule has 0 aliphatic heterocycles. The van der Waals surface area contributed by atoms with Crippen molar-refractivity contribution >= 4 is 5.69 Å². The fourth-order valence-electron chi connectivity index (χ4n) is 0.867. The summed E-state index contributed by atoms with van der Waals surface area (Å²) < 4.78 is 6.85. The van der Waals surface area contributed by atoms with Crippen LogP contribution < -0.4 is 11.2 Å². The van der Waals surface area contributed by atoms with Crippen LogP contribution in [-0.4, -0.2) is 11.2 Å².